The highest BCUT2D eigenvalue weighted by molar-refractivity contribution is 9.10. The van der Waals surface area contributed by atoms with Gasteiger partial charge in [-0.2, -0.15) is 0 Å². The fourth-order valence-corrected chi connectivity index (χ4v) is 6.68. The standard InChI is InChI=1S/C31H29BrCl2N2O5/c1-5-40-29(39)30(3,4)41-25-11-7-17(32)12-21(25)23-15-26(37)36-27(20-13-18(33)8-6-16(20)2)31(23)22-10-9-19(34)14-24(22)35-28(31)38/h6-14,23,27H,5,15H2,1-4H3,(H,35,38)(H,36,37)/t23-,27+,31-/m1/s1. The quantitative estimate of drug-likeness (QED) is 0.278. The maximum atomic E-state index is 14.4. The topological polar surface area (TPSA) is 93.7 Å². The number of halogens is 3. The van der Waals surface area contributed by atoms with Gasteiger partial charge in [0.1, 0.15) is 11.2 Å². The second-order valence-corrected chi connectivity index (χ2v) is 12.6. The van der Waals surface area contributed by atoms with Crippen molar-refractivity contribution >= 4 is 62.6 Å². The van der Waals surface area contributed by atoms with E-state index in [-0.39, 0.29) is 24.8 Å². The molecule has 41 heavy (non-hydrogen) atoms. The van der Waals surface area contributed by atoms with Gasteiger partial charge in [0, 0.05) is 38.1 Å². The third-order valence-corrected chi connectivity index (χ3v) is 8.75. The molecule has 0 saturated carbocycles. The van der Waals surface area contributed by atoms with Crippen LogP contribution in [0.1, 0.15) is 61.4 Å². The molecule has 2 amide bonds. The number of anilines is 1. The number of aryl methyl sites for hydroxylation is 1. The predicted molar refractivity (Wildman–Crippen MR) is 162 cm³/mol. The van der Waals surface area contributed by atoms with Gasteiger partial charge in [-0.05, 0) is 86.8 Å². The number of hydrogen-bond donors (Lipinski definition) is 2. The molecule has 1 saturated heterocycles. The average Bonchev–Trinajstić information content (AvgIpc) is 3.18. The van der Waals surface area contributed by atoms with Crippen LogP contribution in [-0.2, 0) is 24.5 Å². The molecule has 3 atom stereocenters. The molecule has 0 radical (unpaired) electrons. The Bertz CT molecular complexity index is 1580. The van der Waals surface area contributed by atoms with Crippen LogP contribution >= 0.6 is 39.1 Å². The van der Waals surface area contributed by atoms with Crippen molar-refractivity contribution in [3.8, 4) is 5.75 Å². The molecule has 0 aliphatic carbocycles. The van der Waals surface area contributed by atoms with Gasteiger partial charge in [-0.3, -0.25) is 9.59 Å². The average molecular weight is 660 g/mol. The van der Waals surface area contributed by atoms with Crippen LogP contribution in [0.2, 0.25) is 10.0 Å². The lowest BCUT2D eigenvalue weighted by Gasteiger charge is -2.47. The zero-order valence-electron chi connectivity index (χ0n) is 22.9. The Morgan fingerprint density at radius 1 is 1.05 bits per heavy atom. The van der Waals surface area contributed by atoms with Gasteiger partial charge in [0.15, 0.2) is 5.60 Å². The van der Waals surface area contributed by atoms with Crippen molar-refractivity contribution in [3.05, 3.63) is 91.4 Å². The minimum atomic E-state index is -1.34. The summed E-state index contributed by atoms with van der Waals surface area (Å²) in [6.45, 7) is 7.09. The van der Waals surface area contributed by atoms with E-state index in [4.69, 9.17) is 32.7 Å². The van der Waals surface area contributed by atoms with Gasteiger partial charge in [-0.1, -0.05) is 51.3 Å². The number of hydrogen-bond acceptors (Lipinski definition) is 5. The molecule has 2 aliphatic rings. The van der Waals surface area contributed by atoms with Gasteiger partial charge in [-0.15, -0.1) is 0 Å². The van der Waals surface area contributed by atoms with Gasteiger partial charge < -0.3 is 20.1 Å². The smallest absolute Gasteiger partial charge is 0.349 e. The fraction of sp³-hybridized carbons (Fsp3) is 0.323. The molecule has 0 unspecified atom stereocenters. The SMILES string of the molecule is CCOC(=O)C(C)(C)Oc1ccc(Br)cc1[C@H]1CC(=O)N[C@@H](c2cc(Cl)ccc2C)[C@]12C(=O)Nc1cc(Cl)ccc12. The third-order valence-electron chi connectivity index (χ3n) is 7.78. The highest BCUT2D eigenvalue weighted by Crippen LogP contribution is 2.59. The van der Waals surface area contributed by atoms with Crippen LogP contribution in [0.15, 0.2) is 59.1 Å². The molecule has 214 valence electrons. The molecule has 1 spiro atoms. The number of carbonyl (C=O) groups excluding carboxylic acids is 3. The Hall–Kier alpha value is -3.07. The van der Waals surface area contributed by atoms with Gasteiger partial charge in [0.25, 0.3) is 0 Å². The van der Waals surface area contributed by atoms with Crippen molar-refractivity contribution in [2.75, 3.05) is 11.9 Å². The first kappa shape index (κ1) is 29.4. The molecule has 2 heterocycles. The van der Waals surface area contributed by atoms with Crippen molar-refractivity contribution in [3.63, 3.8) is 0 Å². The molecule has 0 aromatic heterocycles. The summed E-state index contributed by atoms with van der Waals surface area (Å²) in [7, 11) is 0. The van der Waals surface area contributed by atoms with Crippen molar-refractivity contribution in [2.24, 2.45) is 0 Å². The summed E-state index contributed by atoms with van der Waals surface area (Å²) >= 11 is 16.4. The normalized spacial score (nSPS) is 21.7. The van der Waals surface area contributed by atoms with E-state index in [0.29, 0.717) is 32.6 Å². The highest BCUT2D eigenvalue weighted by atomic mass is 79.9. The first-order valence-corrected chi connectivity index (χ1v) is 14.8. The summed E-state index contributed by atoms with van der Waals surface area (Å²) < 4.78 is 12.3. The summed E-state index contributed by atoms with van der Waals surface area (Å²) in [6, 6.07) is 15.3. The van der Waals surface area contributed by atoms with Gasteiger partial charge in [0.2, 0.25) is 11.8 Å². The maximum Gasteiger partial charge on any atom is 0.349 e. The van der Waals surface area contributed by atoms with Crippen molar-refractivity contribution in [1.82, 2.24) is 5.32 Å². The van der Waals surface area contributed by atoms with Crippen LogP contribution in [0.3, 0.4) is 0 Å². The Morgan fingerprint density at radius 3 is 2.49 bits per heavy atom. The zero-order chi connectivity index (χ0) is 29.7. The molecule has 3 aromatic rings. The summed E-state index contributed by atoms with van der Waals surface area (Å²) in [5, 5.41) is 7.10. The van der Waals surface area contributed by atoms with E-state index in [9.17, 15) is 14.4 Å². The predicted octanol–water partition coefficient (Wildman–Crippen LogP) is 7.02. The van der Waals surface area contributed by atoms with E-state index in [0.717, 1.165) is 15.6 Å². The van der Waals surface area contributed by atoms with Gasteiger partial charge in [-0.25, -0.2) is 4.79 Å². The van der Waals surface area contributed by atoms with Crippen LogP contribution in [0.4, 0.5) is 5.69 Å². The van der Waals surface area contributed by atoms with Crippen LogP contribution < -0.4 is 15.4 Å². The minimum Gasteiger partial charge on any atom is -0.476 e. The Balaban J connectivity index is 1.78. The highest BCUT2D eigenvalue weighted by Gasteiger charge is 2.62. The molecule has 0 bridgehead atoms. The number of ether oxygens (including phenoxy) is 2. The van der Waals surface area contributed by atoms with E-state index in [1.807, 2.05) is 25.1 Å². The first-order valence-electron chi connectivity index (χ1n) is 13.2. The number of benzene rings is 3. The number of rotatable bonds is 6. The van der Waals surface area contributed by atoms with E-state index in [1.54, 1.807) is 57.2 Å². The molecule has 3 aromatic carbocycles. The molecular formula is C31H29BrCl2N2O5. The third kappa shape index (κ3) is 5.11. The summed E-state index contributed by atoms with van der Waals surface area (Å²) in [6.07, 6.45) is -0.0156. The number of fused-ring (bicyclic) bond motifs is 2. The van der Waals surface area contributed by atoms with Crippen LogP contribution in [0, 0.1) is 6.92 Å². The molecule has 2 aliphatic heterocycles. The lowest BCUT2D eigenvalue weighted by Crippen LogP contribution is -2.57. The monoisotopic (exact) mass is 658 g/mol. The zero-order valence-corrected chi connectivity index (χ0v) is 26.0. The van der Waals surface area contributed by atoms with E-state index < -0.39 is 28.9 Å². The summed E-state index contributed by atoms with van der Waals surface area (Å²) in [5.41, 5.74) is 0.788. The van der Waals surface area contributed by atoms with E-state index in [2.05, 4.69) is 26.6 Å². The summed E-state index contributed by atoms with van der Waals surface area (Å²) in [5.74, 6) is -1.40. The lowest BCUT2D eigenvalue weighted by molar-refractivity contribution is -0.158. The van der Waals surface area contributed by atoms with Gasteiger partial charge in [0.05, 0.1) is 12.6 Å². The van der Waals surface area contributed by atoms with Crippen molar-refractivity contribution in [2.45, 2.75) is 57.1 Å². The number of esters is 1. The summed E-state index contributed by atoms with van der Waals surface area (Å²) in [4.78, 5) is 40.7. The molecule has 7 nitrogen and oxygen atoms in total. The van der Waals surface area contributed by atoms with Crippen LogP contribution in [0.5, 0.6) is 5.75 Å². The second-order valence-electron chi connectivity index (χ2n) is 10.8. The number of carbonyl (C=O) groups is 3. The molecule has 10 heteroatoms. The van der Waals surface area contributed by atoms with Gasteiger partial charge >= 0.3 is 5.97 Å². The van der Waals surface area contributed by atoms with Crippen molar-refractivity contribution in [1.29, 1.82) is 0 Å². The van der Waals surface area contributed by atoms with E-state index >= 15 is 0 Å². The fourth-order valence-electron chi connectivity index (χ4n) is 5.95. The van der Waals surface area contributed by atoms with Crippen LogP contribution in [-0.4, -0.2) is 30.0 Å². The van der Waals surface area contributed by atoms with Crippen LogP contribution in [0.25, 0.3) is 0 Å². The Morgan fingerprint density at radius 2 is 1.76 bits per heavy atom. The molecule has 2 N–H and O–H groups in total. The molecule has 5 rings (SSSR count). The van der Waals surface area contributed by atoms with Crippen molar-refractivity contribution < 1.29 is 23.9 Å². The first-order chi connectivity index (χ1) is 19.4. The largest absolute Gasteiger partial charge is 0.476 e. The Labute approximate surface area is 257 Å². The number of amides is 2. The molecular weight excluding hydrogens is 631 g/mol. The number of piperidine rings is 1. The Kier molecular flexibility index (Phi) is 7.87. The maximum absolute atomic E-state index is 14.4. The number of nitrogens with one attached hydrogen (secondary N) is 2. The lowest BCUT2D eigenvalue weighted by atomic mass is 9.59. The molecule has 1 fully saturated rings. The van der Waals surface area contributed by atoms with E-state index in [1.165, 1.54) is 0 Å². The second kappa shape index (κ2) is 11.0. The minimum absolute atomic E-state index is 0.0156.